The van der Waals surface area contributed by atoms with Crippen LogP contribution in [0.5, 0.6) is 0 Å². The highest BCUT2D eigenvalue weighted by atomic mass is 19.1. The monoisotopic (exact) mass is 408 g/mol. The summed E-state index contributed by atoms with van der Waals surface area (Å²) in [6.07, 6.45) is 2.83. The van der Waals surface area contributed by atoms with Crippen LogP contribution in [0.2, 0.25) is 0 Å². The lowest BCUT2D eigenvalue weighted by atomic mass is 10.1. The number of nitro benzene ring substituents is 1. The van der Waals surface area contributed by atoms with Crippen LogP contribution in [0.3, 0.4) is 0 Å². The lowest BCUT2D eigenvalue weighted by molar-refractivity contribution is -0.385. The van der Waals surface area contributed by atoms with E-state index in [1.54, 1.807) is 0 Å². The van der Waals surface area contributed by atoms with E-state index in [2.05, 4.69) is 0 Å². The summed E-state index contributed by atoms with van der Waals surface area (Å²) in [6.45, 7) is 0.0384. The van der Waals surface area contributed by atoms with Gasteiger partial charge in [0, 0.05) is 18.7 Å². The maximum Gasteiger partial charge on any atom is 0.274 e. The average molecular weight is 408 g/mol. The van der Waals surface area contributed by atoms with Crippen LogP contribution >= 0.6 is 0 Å². The quantitative estimate of drug-likeness (QED) is 0.310. The number of nitrogens with zero attached hydrogens (tertiary/aromatic N) is 2. The lowest BCUT2D eigenvalue weighted by Gasteiger charge is -2.21. The third-order valence-electron chi connectivity index (χ3n) is 4.42. The molecular formula is C23H18F2N2O3. The maximum absolute atomic E-state index is 13.7. The number of benzene rings is 3. The van der Waals surface area contributed by atoms with Gasteiger partial charge >= 0.3 is 0 Å². The molecule has 30 heavy (non-hydrogen) atoms. The Morgan fingerprint density at radius 2 is 1.60 bits per heavy atom. The topological polar surface area (TPSA) is 63.5 Å². The fraction of sp³-hybridized carbons (Fsp3) is 0.0870. The minimum atomic E-state index is -0.621. The Morgan fingerprint density at radius 3 is 2.27 bits per heavy atom. The summed E-state index contributed by atoms with van der Waals surface area (Å²) in [5.74, 6) is -1.42. The number of hydrogen-bond donors (Lipinski definition) is 0. The van der Waals surface area contributed by atoms with E-state index < -0.39 is 16.6 Å². The molecule has 0 aromatic heterocycles. The van der Waals surface area contributed by atoms with E-state index >= 15 is 0 Å². The van der Waals surface area contributed by atoms with Crippen LogP contribution in [-0.2, 0) is 17.9 Å². The number of amides is 1. The molecule has 0 aliphatic rings. The van der Waals surface area contributed by atoms with Crippen molar-refractivity contribution in [3.05, 3.63) is 117 Å². The first kappa shape index (κ1) is 20.9. The zero-order valence-corrected chi connectivity index (χ0v) is 15.9. The SMILES string of the molecule is O=C(/C=C/c1ccc(F)cc1)N(Cc1ccccc1)Cc1cc(F)ccc1[N+](=O)[O-]. The summed E-state index contributed by atoms with van der Waals surface area (Å²) in [7, 11) is 0. The molecule has 0 aliphatic heterocycles. The van der Waals surface area contributed by atoms with Gasteiger partial charge in [0.05, 0.1) is 17.0 Å². The zero-order valence-electron chi connectivity index (χ0n) is 15.9. The molecule has 0 bridgehead atoms. The predicted molar refractivity (Wildman–Crippen MR) is 109 cm³/mol. The molecule has 0 unspecified atom stereocenters. The number of carbonyl (C=O) groups excluding carboxylic acids is 1. The Labute approximate surface area is 172 Å². The van der Waals surface area contributed by atoms with Crippen molar-refractivity contribution < 1.29 is 18.5 Å². The van der Waals surface area contributed by atoms with Crippen LogP contribution in [0.4, 0.5) is 14.5 Å². The molecule has 0 aliphatic carbocycles. The maximum atomic E-state index is 13.7. The third-order valence-corrected chi connectivity index (χ3v) is 4.42. The van der Waals surface area contributed by atoms with Gasteiger partial charge in [0.2, 0.25) is 5.91 Å². The van der Waals surface area contributed by atoms with E-state index in [0.717, 1.165) is 23.8 Å². The Morgan fingerprint density at radius 1 is 0.933 bits per heavy atom. The Balaban J connectivity index is 1.88. The van der Waals surface area contributed by atoms with Gasteiger partial charge in [-0.25, -0.2) is 8.78 Å². The zero-order chi connectivity index (χ0) is 21.5. The molecule has 0 saturated heterocycles. The summed E-state index contributed by atoms with van der Waals surface area (Å²) in [6, 6.07) is 17.9. The highest BCUT2D eigenvalue weighted by molar-refractivity contribution is 5.91. The Hall–Kier alpha value is -3.87. The van der Waals surface area contributed by atoms with Gasteiger partial charge in [-0.05, 0) is 41.5 Å². The van der Waals surface area contributed by atoms with Gasteiger partial charge in [-0.15, -0.1) is 0 Å². The third kappa shape index (κ3) is 5.57. The minimum Gasteiger partial charge on any atom is -0.330 e. The van der Waals surface area contributed by atoms with Gasteiger partial charge < -0.3 is 4.90 Å². The molecule has 152 valence electrons. The number of halogens is 2. The Bertz CT molecular complexity index is 1070. The molecule has 7 heteroatoms. The molecule has 0 spiro atoms. The van der Waals surface area contributed by atoms with Crippen molar-refractivity contribution >= 4 is 17.7 Å². The molecular weight excluding hydrogens is 390 g/mol. The van der Waals surface area contributed by atoms with Crippen molar-refractivity contribution in [2.24, 2.45) is 0 Å². The first-order valence-electron chi connectivity index (χ1n) is 9.11. The number of rotatable bonds is 7. The van der Waals surface area contributed by atoms with Crippen LogP contribution in [-0.4, -0.2) is 15.7 Å². The first-order valence-corrected chi connectivity index (χ1v) is 9.11. The average Bonchev–Trinajstić information content (AvgIpc) is 2.73. The smallest absolute Gasteiger partial charge is 0.274 e. The van der Waals surface area contributed by atoms with Crippen LogP contribution in [0.25, 0.3) is 6.08 Å². The van der Waals surface area contributed by atoms with Crippen LogP contribution in [0, 0.1) is 21.7 Å². The first-order chi connectivity index (χ1) is 14.4. The van der Waals surface area contributed by atoms with Gasteiger partial charge in [0.15, 0.2) is 0 Å². The van der Waals surface area contributed by atoms with Crippen LogP contribution in [0.1, 0.15) is 16.7 Å². The number of nitro groups is 1. The molecule has 5 nitrogen and oxygen atoms in total. The second-order valence-electron chi connectivity index (χ2n) is 6.59. The highest BCUT2D eigenvalue weighted by Gasteiger charge is 2.20. The molecule has 0 fully saturated rings. The highest BCUT2D eigenvalue weighted by Crippen LogP contribution is 2.22. The normalized spacial score (nSPS) is 10.9. The fourth-order valence-electron chi connectivity index (χ4n) is 2.93. The predicted octanol–water partition coefficient (Wildman–Crippen LogP) is 5.12. The summed E-state index contributed by atoms with van der Waals surface area (Å²) in [5, 5.41) is 11.3. The standard InChI is InChI=1S/C23H18F2N2O3/c24-20-9-6-17(7-10-20)8-13-23(28)26(15-18-4-2-1-3-5-18)16-19-14-21(25)11-12-22(19)27(29)30/h1-14H,15-16H2/b13-8+. The van der Waals surface area contributed by atoms with Gasteiger partial charge in [-0.2, -0.15) is 0 Å². The molecule has 0 N–H and O–H groups in total. The molecule has 1 amide bonds. The van der Waals surface area contributed by atoms with Crippen LogP contribution in [0.15, 0.2) is 78.9 Å². The molecule has 0 heterocycles. The number of hydrogen-bond acceptors (Lipinski definition) is 3. The Kier molecular flexibility index (Phi) is 6.64. The molecule has 3 aromatic carbocycles. The minimum absolute atomic E-state index is 0.0967. The second-order valence-corrected chi connectivity index (χ2v) is 6.59. The van der Waals surface area contributed by atoms with Crippen molar-refractivity contribution in [2.75, 3.05) is 0 Å². The largest absolute Gasteiger partial charge is 0.330 e. The summed E-state index contributed by atoms with van der Waals surface area (Å²) in [4.78, 5) is 25.0. The van der Waals surface area contributed by atoms with Crippen molar-refractivity contribution in [3.63, 3.8) is 0 Å². The van der Waals surface area contributed by atoms with Gasteiger partial charge in [0.25, 0.3) is 5.69 Å². The van der Waals surface area contributed by atoms with Gasteiger partial charge in [-0.1, -0.05) is 42.5 Å². The number of carbonyl (C=O) groups is 1. The van der Waals surface area contributed by atoms with Crippen molar-refractivity contribution in [1.82, 2.24) is 4.90 Å². The molecule has 0 saturated carbocycles. The van der Waals surface area contributed by atoms with Gasteiger partial charge in [-0.3, -0.25) is 14.9 Å². The fourth-order valence-corrected chi connectivity index (χ4v) is 2.93. The van der Waals surface area contributed by atoms with Crippen molar-refractivity contribution in [3.8, 4) is 0 Å². The summed E-state index contributed by atoms with van der Waals surface area (Å²) in [5.41, 5.74) is 1.28. The molecule has 0 radical (unpaired) electrons. The van der Waals surface area contributed by atoms with E-state index in [1.807, 2.05) is 30.3 Å². The van der Waals surface area contributed by atoms with Crippen molar-refractivity contribution in [2.45, 2.75) is 13.1 Å². The van der Waals surface area contributed by atoms with E-state index in [9.17, 15) is 23.7 Å². The van der Waals surface area contributed by atoms with E-state index in [0.29, 0.717) is 5.56 Å². The van der Waals surface area contributed by atoms with E-state index in [1.165, 1.54) is 41.3 Å². The van der Waals surface area contributed by atoms with Gasteiger partial charge in [0.1, 0.15) is 11.6 Å². The summed E-state index contributed by atoms with van der Waals surface area (Å²) >= 11 is 0. The molecule has 3 aromatic rings. The summed E-state index contributed by atoms with van der Waals surface area (Å²) < 4.78 is 26.8. The second kappa shape index (κ2) is 9.56. The van der Waals surface area contributed by atoms with E-state index in [-0.39, 0.29) is 30.2 Å². The lowest BCUT2D eigenvalue weighted by Crippen LogP contribution is -2.29. The molecule has 0 atom stereocenters. The molecule has 3 rings (SSSR count). The van der Waals surface area contributed by atoms with E-state index in [4.69, 9.17) is 0 Å². The van der Waals surface area contributed by atoms with Crippen molar-refractivity contribution in [1.29, 1.82) is 0 Å². The van der Waals surface area contributed by atoms with Crippen LogP contribution < -0.4 is 0 Å².